The standard InChI is InChI=1S/C72H139N2O22P3/c1-5-9-13-17-21-25-29-33-37-41-55(76)49-61(80)73-65-69(94-63(82)51-57(78)43-39-35-31-27-23-19-15-11-7-3)67(87-45-47-90-97)60(93-71(65)88-46-48-91-98)54-89-72-66(74-62(81)50-56(77)42-38-34-30-26-22-18-14-10-6-2)70(68(59(53-75)92-72)96-99(84,85)86)95-64(83)52-58(79)44-40-36-32-28-24-20-16-12-8-4/h55-60,65-72,75-79H,5-54,97-98H2,1-4H3,(H,73,80)(H,74,81)(H2,84,85,86)/t55-,56-,57-,58-,59-,60-,65+,66+,67-,68-,69-,70-,71+,72-/m1/s1. The average molecular weight is 1480 g/mol. The molecule has 2 aliphatic heterocycles. The number of nitrogens with one attached hydrogen (secondary N) is 2. The first kappa shape index (κ1) is 93.5. The molecule has 2 unspecified atom stereocenters. The van der Waals surface area contributed by atoms with Gasteiger partial charge >= 0.3 is 19.8 Å². The van der Waals surface area contributed by atoms with Crippen LogP contribution in [0, 0.1) is 0 Å². The van der Waals surface area contributed by atoms with Crippen molar-refractivity contribution in [1.82, 2.24) is 10.6 Å². The second-order valence-electron chi connectivity index (χ2n) is 27.6. The van der Waals surface area contributed by atoms with E-state index in [1.807, 2.05) is 0 Å². The summed E-state index contributed by atoms with van der Waals surface area (Å²) in [5, 5.41) is 61.5. The Labute approximate surface area is 599 Å². The maximum atomic E-state index is 14.3. The molecule has 0 aliphatic carbocycles. The number of aliphatic hydroxyl groups excluding tert-OH is 5. The smallest absolute Gasteiger partial charge is 0.457 e. The Hall–Kier alpha value is -1.63. The van der Waals surface area contributed by atoms with Crippen LogP contribution >= 0.6 is 26.8 Å². The summed E-state index contributed by atoms with van der Waals surface area (Å²) in [6.07, 6.45) is 19.6. The molecule has 0 bridgehead atoms. The molecule has 24 nitrogen and oxygen atoms in total. The Morgan fingerprint density at radius 2 is 0.707 bits per heavy atom. The minimum atomic E-state index is -5.51. The number of carbonyl (C=O) groups is 4. The van der Waals surface area contributed by atoms with E-state index < -0.39 is 150 Å². The van der Waals surface area contributed by atoms with Crippen molar-refractivity contribution in [2.45, 2.75) is 396 Å². The van der Waals surface area contributed by atoms with E-state index in [1.54, 1.807) is 0 Å². The van der Waals surface area contributed by atoms with Crippen LogP contribution in [0.5, 0.6) is 0 Å². The minimum Gasteiger partial charge on any atom is -0.457 e. The van der Waals surface area contributed by atoms with E-state index in [4.69, 9.17) is 46.7 Å². The lowest BCUT2D eigenvalue weighted by atomic mass is 9.94. The van der Waals surface area contributed by atoms with Gasteiger partial charge in [-0.3, -0.25) is 23.7 Å². The van der Waals surface area contributed by atoms with Crippen LogP contribution in [0.25, 0.3) is 0 Å². The fourth-order valence-corrected chi connectivity index (χ4v) is 13.7. The maximum absolute atomic E-state index is 14.3. The summed E-state index contributed by atoms with van der Waals surface area (Å²) >= 11 is 0. The molecule has 16 atom stereocenters. The van der Waals surface area contributed by atoms with Gasteiger partial charge in [0.2, 0.25) is 11.8 Å². The lowest BCUT2D eigenvalue weighted by Gasteiger charge is -2.47. The highest BCUT2D eigenvalue weighted by molar-refractivity contribution is 7.46. The van der Waals surface area contributed by atoms with Gasteiger partial charge in [-0.25, -0.2) is 4.57 Å². The normalized spacial score (nSPS) is 22.4. The third-order valence-corrected chi connectivity index (χ3v) is 19.5. The quantitative estimate of drug-likeness (QED) is 0.0155. The number of hydrogen-bond donors (Lipinski definition) is 9. The Kier molecular flexibility index (Phi) is 57.1. The zero-order valence-electron chi connectivity index (χ0n) is 61.3. The molecule has 0 spiro atoms. The molecule has 0 radical (unpaired) electrons. The second-order valence-corrected chi connectivity index (χ2v) is 29.5. The number of phosphoric ester groups is 1. The van der Waals surface area contributed by atoms with E-state index in [0.717, 1.165) is 128 Å². The molecule has 0 aromatic rings. The SMILES string of the molecule is CCCCCCCCCCC[C@@H](O)CC(=O)N[C@@H]1[C@@H](OCCOP)O[C@H](CO[C@@H]2O[C@H](CO)[C@@H](OP(=O)(O)O)[C@H](OC(=O)C[C@H](O)CCCCCCCCCCC)[C@@H]2NC(=O)C[C@H](O)CCCCCCCCCCC)[C@@H](OCCOP)[C@@H]1OC(=O)C[C@H](O)CCCCCCCCCCC. The topological polar surface area (TPSA) is 343 Å². The van der Waals surface area contributed by atoms with E-state index in [1.165, 1.54) is 77.0 Å². The van der Waals surface area contributed by atoms with Gasteiger partial charge in [-0.2, -0.15) is 0 Å². The fraction of sp³-hybridized carbons (Fsp3) is 0.944. The zero-order valence-corrected chi connectivity index (χ0v) is 64.5. The van der Waals surface area contributed by atoms with Gasteiger partial charge in [0.05, 0.1) is 89.7 Å². The largest absolute Gasteiger partial charge is 0.470 e. The molecule has 0 aromatic carbocycles. The van der Waals surface area contributed by atoms with Crippen LogP contribution in [-0.4, -0.2) is 184 Å². The van der Waals surface area contributed by atoms with Gasteiger partial charge in [0.25, 0.3) is 0 Å². The van der Waals surface area contributed by atoms with Crippen LogP contribution in [0.3, 0.4) is 0 Å². The van der Waals surface area contributed by atoms with Crippen molar-refractivity contribution in [2.75, 3.05) is 39.6 Å². The highest BCUT2D eigenvalue weighted by Gasteiger charge is 2.55. The maximum Gasteiger partial charge on any atom is 0.470 e. The minimum absolute atomic E-state index is 0.00667. The van der Waals surface area contributed by atoms with Crippen LogP contribution in [0.2, 0.25) is 0 Å². The first-order chi connectivity index (χ1) is 47.8. The summed E-state index contributed by atoms with van der Waals surface area (Å²) in [6.45, 7) is 6.77. The Balaban J connectivity index is 2.66. The van der Waals surface area contributed by atoms with Crippen LogP contribution in [0.4, 0.5) is 0 Å². The van der Waals surface area contributed by atoms with Crippen LogP contribution < -0.4 is 10.6 Å². The van der Waals surface area contributed by atoms with E-state index in [-0.39, 0.29) is 45.7 Å². The molecule has 2 heterocycles. The summed E-state index contributed by atoms with van der Waals surface area (Å²) in [6, 6.07) is -3.06. The summed E-state index contributed by atoms with van der Waals surface area (Å²) in [5.74, 6) is -3.31. The molecule has 584 valence electrons. The number of esters is 2. The summed E-state index contributed by atoms with van der Waals surface area (Å²) in [4.78, 5) is 77.5. The molecule has 2 saturated heterocycles. The van der Waals surface area contributed by atoms with Crippen molar-refractivity contribution in [3.8, 4) is 0 Å². The summed E-state index contributed by atoms with van der Waals surface area (Å²) < 4.78 is 73.1. The molecule has 2 amide bonds. The first-order valence-corrected chi connectivity index (χ1v) is 41.2. The van der Waals surface area contributed by atoms with Crippen molar-refractivity contribution in [3.63, 3.8) is 0 Å². The lowest BCUT2D eigenvalue weighted by Crippen LogP contribution is -2.68. The zero-order chi connectivity index (χ0) is 72.7. The molecule has 2 aliphatic rings. The van der Waals surface area contributed by atoms with E-state index in [0.29, 0.717) is 38.5 Å². The second kappa shape index (κ2) is 60.5. The fourth-order valence-electron chi connectivity index (χ4n) is 13.0. The molecular formula is C72H139N2O22P3. The van der Waals surface area contributed by atoms with Crippen molar-refractivity contribution < 1.29 is 106 Å². The summed E-state index contributed by atoms with van der Waals surface area (Å²) in [5.41, 5.74) is 0. The molecule has 9 N–H and O–H groups in total. The monoisotopic (exact) mass is 1480 g/mol. The molecule has 2 rings (SSSR count). The number of carbonyl (C=O) groups excluding carboxylic acids is 4. The average Bonchev–Trinajstić information content (AvgIpc) is 0.784. The van der Waals surface area contributed by atoms with Crippen LogP contribution in [0.15, 0.2) is 0 Å². The number of ether oxygens (including phenoxy) is 7. The molecule has 0 aromatic heterocycles. The van der Waals surface area contributed by atoms with Crippen molar-refractivity contribution in [3.05, 3.63) is 0 Å². The number of rotatable bonds is 66. The highest BCUT2D eigenvalue weighted by atomic mass is 31.2. The number of phosphoric acid groups is 1. The van der Waals surface area contributed by atoms with E-state index >= 15 is 0 Å². The van der Waals surface area contributed by atoms with Gasteiger partial charge in [0.15, 0.2) is 24.8 Å². The first-order valence-electron chi connectivity index (χ1n) is 38.7. The van der Waals surface area contributed by atoms with Gasteiger partial charge in [-0.05, 0) is 25.7 Å². The lowest BCUT2D eigenvalue weighted by molar-refractivity contribution is -0.309. The van der Waals surface area contributed by atoms with Crippen molar-refractivity contribution >= 4 is 50.5 Å². The van der Waals surface area contributed by atoms with E-state index in [9.17, 15) is 59.1 Å². The number of aliphatic hydroxyl groups is 5. The van der Waals surface area contributed by atoms with Gasteiger partial charge in [-0.15, -0.1) is 0 Å². The van der Waals surface area contributed by atoms with Gasteiger partial charge in [-0.1, -0.05) is 259 Å². The summed E-state index contributed by atoms with van der Waals surface area (Å²) in [7, 11) is -1.27. The van der Waals surface area contributed by atoms with Gasteiger partial charge in [0.1, 0.15) is 36.5 Å². The third kappa shape index (κ3) is 46.2. The molecule has 27 heteroatoms. The van der Waals surface area contributed by atoms with Gasteiger partial charge < -0.3 is 88.2 Å². The highest BCUT2D eigenvalue weighted by Crippen LogP contribution is 2.43. The predicted molar refractivity (Wildman–Crippen MR) is 388 cm³/mol. The number of hydrogen-bond acceptors (Lipinski definition) is 20. The molecule has 0 saturated carbocycles. The van der Waals surface area contributed by atoms with Crippen molar-refractivity contribution in [2.24, 2.45) is 0 Å². The molecular weight excluding hydrogens is 1340 g/mol. The van der Waals surface area contributed by atoms with Crippen LogP contribution in [-0.2, 0) is 70.5 Å². The molecule has 2 fully saturated rings. The van der Waals surface area contributed by atoms with Gasteiger partial charge in [0, 0.05) is 18.9 Å². The predicted octanol–water partition coefficient (Wildman–Crippen LogP) is 12.4. The third-order valence-electron chi connectivity index (χ3n) is 18.6. The Morgan fingerprint density at radius 1 is 0.404 bits per heavy atom. The number of unbranched alkanes of at least 4 members (excludes halogenated alkanes) is 32. The Morgan fingerprint density at radius 3 is 1.04 bits per heavy atom. The number of amides is 2. The molecule has 99 heavy (non-hydrogen) atoms. The Bertz CT molecular complexity index is 2040. The van der Waals surface area contributed by atoms with Crippen molar-refractivity contribution in [1.29, 1.82) is 0 Å². The van der Waals surface area contributed by atoms with E-state index in [2.05, 4.69) is 57.3 Å². The van der Waals surface area contributed by atoms with Crippen LogP contribution in [0.1, 0.15) is 310 Å².